The van der Waals surface area contributed by atoms with E-state index in [0.29, 0.717) is 0 Å². The van der Waals surface area contributed by atoms with Crippen LogP contribution in [0.1, 0.15) is 5.56 Å². The molecule has 0 fully saturated rings. The first kappa shape index (κ1) is 13.7. The Morgan fingerprint density at radius 1 is 0.667 bits per heavy atom. The van der Waals surface area contributed by atoms with Crippen LogP contribution in [0.5, 0.6) is 0 Å². The highest BCUT2D eigenvalue weighted by atomic mass is 32.1. The van der Waals surface area contributed by atoms with Gasteiger partial charge >= 0.3 is 0 Å². The zero-order valence-electron chi connectivity index (χ0n) is 12.6. The van der Waals surface area contributed by atoms with Crippen molar-refractivity contribution in [1.82, 2.24) is 0 Å². The van der Waals surface area contributed by atoms with Gasteiger partial charge in [0.2, 0.25) is 0 Å². The lowest BCUT2D eigenvalue weighted by Gasteiger charge is -2.01. The molecule has 0 atom stereocenters. The van der Waals surface area contributed by atoms with E-state index in [1.54, 1.807) is 0 Å². The van der Waals surface area contributed by atoms with Gasteiger partial charge in [-0.15, -0.1) is 22.7 Å². The molecule has 0 bridgehead atoms. The average Bonchev–Trinajstić information content (AvgIpc) is 3.17. The lowest BCUT2D eigenvalue weighted by molar-refractivity contribution is 1.50. The van der Waals surface area contributed by atoms with Crippen molar-refractivity contribution >= 4 is 52.2 Å². The van der Waals surface area contributed by atoms with Gasteiger partial charge in [0.05, 0.1) is 21.0 Å². The lowest BCUT2D eigenvalue weighted by Crippen LogP contribution is -1.75. The summed E-state index contributed by atoms with van der Waals surface area (Å²) in [6, 6.07) is 25.4. The molecule has 3 aromatic carbocycles. The Morgan fingerprint density at radius 3 is 2.29 bits per heavy atom. The minimum absolute atomic E-state index is 0.727. The van der Waals surface area contributed by atoms with Crippen LogP contribution in [0.2, 0.25) is 0 Å². The van der Waals surface area contributed by atoms with Crippen molar-refractivity contribution in [2.45, 2.75) is 0 Å². The maximum absolute atomic E-state index is 9.17. The first-order chi connectivity index (χ1) is 11.8. The van der Waals surface area contributed by atoms with Crippen molar-refractivity contribution in [2.24, 2.45) is 0 Å². The normalized spacial score (nSPS) is 11.3. The molecule has 5 aromatic rings. The minimum atomic E-state index is 0.727. The first-order valence-electron chi connectivity index (χ1n) is 7.68. The highest BCUT2D eigenvalue weighted by Gasteiger charge is 2.13. The Labute approximate surface area is 147 Å². The molecule has 0 aliphatic rings. The molecule has 3 heteroatoms. The predicted octanol–water partition coefficient (Wildman–Crippen LogP) is 6.81. The van der Waals surface area contributed by atoms with Crippen molar-refractivity contribution in [1.29, 1.82) is 5.26 Å². The van der Waals surface area contributed by atoms with Crippen molar-refractivity contribution in [3.63, 3.8) is 0 Å². The molecule has 1 nitrogen and oxygen atoms in total. The van der Waals surface area contributed by atoms with Crippen molar-refractivity contribution in [2.75, 3.05) is 0 Å². The number of nitriles is 1. The zero-order chi connectivity index (χ0) is 16.1. The number of rotatable bonds is 1. The van der Waals surface area contributed by atoms with Crippen molar-refractivity contribution in [3.8, 4) is 17.2 Å². The molecular weight excluding hydrogens is 330 g/mol. The van der Waals surface area contributed by atoms with Gasteiger partial charge in [-0.1, -0.05) is 42.5 Å². The van der Waals surface area contributed by atoms with Gasteiger partial charge in [0, 0.05) is 20.2 Å². The molecule has 5 rings (SSSR count). The Bertz CT molecular complexity index is 1250. The van der Waals surface area contributed by atoms with Gasteiger partial charge in [-0.05, 0) is 35.4 Å². The molecule has 0 N–H and O–H groups in total. The standard InChI is InChI=1S/C21H11NS2/c22-12-13-6-9-18-17(10-13)21-20(23-18)16-8-7-15(11-19(16)24-21)14-4-2-1-3-5-14/h1-11H. The van der Waals surface area contributed by atoms with E-state index < -0.39 is 0 Å². The van der Waals surface area contributed by atoms with Gasteiger partial charge in [0.15, 0.2) is 0 Å². The summed E-state index contributed by atoms with van der Waals surface area (Å²) in [7, 11) is 0. The van der Waals surface area contributed by atoms with Gasteiger partial charge in [0.25, 0.3) is 0 Å². The van der Waals surface area contributed by atoms with Crippen molar-refractivity contribution < 1.29 is 0 Å². The van der Waals surface area contributed by atoms with Crippen LogP contribution in [0.15, 0.2) is 66.7 Å². The van der Waals surface area contributed by atoms with E-state index in [2.05, 4.69) is 54.6 Å². The summed E-state index contributed by atoms with van der Waals surface area (Å²) >= 11 is 3.65. The molecule has 0 radical (unpaired) electrons. The monoisotopic (exact) mass is 341 g/mol. The molecule has 112 valence electrons. The molecule has 24 heavy (non-hydrogen) atoms. The lowest BCUT2D eigenvalue weighted by atomic mass is 10.0. The first-order valence-corrected chi connectivity index (χ1v) is 9.31. The maximum atomic E-state index is 9.17. The van der Waals surface area contributed by atoms with E-state index in [1.165, 1.54) is 40.7 Å². The summed E-state index contributed by atoms with van der Waals surface area (Å²) in [4.78, 5) is 0. The number of hydrogen-bond donors (Lipinski definition) is 0. The molecule has 0 unspecified atom stereocenters. The zero-order valence-corrected chi connectivity index (χ0v) is 14.2. The van der Waals surface area contributed by atoms with E-state index in [0.717, 1.165) is 5.56 Å². The number of benzene rings is 3. The summed E-state index contributed by atoms with van der Waals surface area (Å²) in [6.45, 7) is 0. The minimum Gasteiger partial charge on any atom is -0.192 e. The molecule has 0 saturated heterocycles. The van der Waals surface area contributed by atoms with Crippen LogP contribution in [-0.2, 0) is 0 Å². The fourth-order valence-corrected chi connectivity index (χ4v) is 5.80. The van der Waals surface area contributed by atoms with E-state index in [9.17, 15) is 0 Å². The van der Waals surface area contributed by atoms with Crippen LogP contribution in [0.4, 0.5) is 0 Å². The second-order valence-electron chi connectivity index (χ2n) is 5.76. The van der Waals surface area contributed by atoms with Gasteiger partial charge in [0.1, 0.15) is 0 Å². The van der Waals surface area contributed by atoms with E-state index in [1.807, 2.05) is 40.9 Å². The molecule has 2 aromatic heterocycles. The van der Waals surface area contributed by atoms with Gasteiger partial charge in [-0.25, -0.2) is 0 Å². The smallest absolute Gasteiger partial charge is 0.0991 e. The van der Waals surface area contributed by atoms with Gasteiger partial charge in [-0.2, -0.15) is 5.26 Å². The van der Waals surface area contributed by atoms with Gasteiger partial charge in [-0.3, -0.25) is 0 Å². The number of thiophene rings is 2. The van der Waals surface area contributed by atoms with Crippen LogP contribution < -0.4 is 0 Å². The number of hydrogen-bond acceptors (Lipinski definition) is 3. The number of nitrogens with zero attached hydrogens (tertiary/aromatic N) is 1. The molecule has 0 spiro atoms. The van der Waals surface area contributed by atoms with Crippen molar-refractivity contribution in [3.05, 3.63) is 72.3 Å². The fourth-order valence-electron chi connectivity index (χ4n) is 3.14. The van der Waals surface area contributed by atoms with Crippen LogP contribution in [0.3, 0.4) is 0 Å². The Morgan fingerprint density at radius 2 is 1.46 bits per heavy atom. The summed E-state index contributed by atoms with van der Waals surface area (Å²) in [5, 5.41) is 11.7. The largest absolute Gasteiger partial charge is 0.192 e. The quantitative estimate of drug-likeness (QED) is 0.328. The summed E-state index contributed by atoms with van der Waals surface area (Å²) < 4.78 is 5.19. The van der Waals surface area contributed by atoms with Crippen LogP contribution in [0.25, 0.3) is 40.7 Å². The highest BCUT2D eigenvalue weighted by Crippen LogP contribution is 2.45. The fraction of sp³-hybridized carbons (Fsp3) is 0. The third-order valence-corrected chi connectivity index (χ3v) is 6.84. The SMILES string of the molecule is N#Cc1ccc2sc3c4ccc(-c5ccccc5)cc4sc3c2c1. The third-order valence-electron chi connectivity index (χ3n) is 4.32. The number of fused-ring (bicyclic) bond motifs is 5. The highest BCUT2D eigenvalue weighted by molar-refractivity contribution is 7.36. The maximum Gasteiger partial charge on any atom is 0.0991 e. The molecule has 0 amide bonds. The molecule has 0 aliphatic carbocycles. The molecule has 0 saturated carbocycles. The Hall–Kier alpha value is -2.67. The van der Waals surface area contributed by atoms with Crippen LogP contribution in [0, 0.1) is 11.3 Å². The van der Waals surface area contributed by atoms with E-state index >= 15 is 0 Å². The summed E-state index contributed by atoms with van der Waals surface area (Å²) in [5.74, 6) is 0. The second-order valence-corrected chi connectivity index (χ2v) is 7.87. The van der Waals surface area contributed by atoms with E-state index in [-0.39, 0.29) is 0 Å². The van der Waals surface area contributed by atoms with E-state index in [4.69, 9.17) is 5.26 Å². The topological polar surface area (TPSA) is 23.8 Å². The van der Waals surface area contributed by atoms with Gasteiger partial charge < -0.3 is 0 Å². The Balaban J connectivity index is 1.80. The average molecular weight is 341 g/mol. The van der Waals surface area contributed by atoms with Crippen LogP contribution >= 0.6 is 22.7 Å². The predicted molar refractivity (Wildman–Crippen MR) is 105 cm³/mol. The Kier molecular flexibility index (Phi) is 2.96. The molecular formula is C21H11NS2. The summed E-state index contributed by atoms with van der Waals surface area (Å²) in [5.41, 5.74) is 3.22. The molecule has 2 heterocycles. The van der Waals surface area contributed by atoms with Crippen LogP contribution in [-0.4, -0.2) is 0 Å². The molecule has 0 aliphatic heterocycles. The third kappa shape index (κ3) is 1.98. The second kappa shape index (κ2) is 5.17. The summed E-state index contributed by atoms with van der Waals surface area (Å²) in [6.07, 6.45) is 0.